The first-order chi connectivity index (χ1) is 15.2. The minimum Gasteiger partial charge on any atom is -0.255 e. The summed E-state index contributed by atoms with van der Waals surface area (Å²) in [7, 11) is -14.8. The smallest absolute Gasteiger partial charge is 0.0832 e. The second-order valence-electron chi connectivity index (χ2n) is 8.22. The average molecular weight is 506 g/mol. The second kappa shape index (κ2) is 8.70. The normalized spacial score (nSPS) is 12.8. The highest BCUT2D eigenvalue weighted by Gasteiger charge is 2.38. The fourth-order valence-corrected chi connectivity index (χ4v) is 11.2. The summed E-state index contributed by atoms with van der Waals surface area (Å²) in [5.41, 5.74) is 2.98. The van der Waals surface area contributed by atoms with Crippen LogP contribution in [0.15, 0.2) is 75.4 Å². The Bertz CT molecular complexity index is 1410. The Morgan fingerprint density at radius 1 is 0.424 bits per heavy atom. The standard InChI is InChI=1S/C24H25O6S3/c1-16-6-8-21(9-7-16)31(25,26)24(32(27,28)22-12-17(2)10-18(3)13-22)33(29,30)23-14-19(4)11-20(5)15-23/h6-15H,1-5H3/q-1. The topological polar surface area (TPSA) is 102 Å². The van der Waals surface area contributed by atoms with Crippen LogP contribution in [0.1, 0.15) is 27.8 Å². The lowest BCUT2D eigenvalue weighted by Crippen LogP contribution is -2.31. The molecule has 33 heavy (non-hydrogen) atoms. The maximum atomic E-state index is 13.7. The van der Waals surface area contributed by atoms with Crippen molar-refractivity contribution in [1.82, 2.24) is 0 Å². The first-order valence-corrected chi connectivity index (χ1v) is 14.5. The third-order valence-electron chi connectivity index (χ3n) is 5.00. The van der Waals surface area contributed by atoms with Gasteiger partial charge in [0.2, 0.25) is 0 Å². The molecule has 3 aromatic carbocycles. The highest BCUT2D eigenvalue weighted by Crippen LogP contribution is 2.40. The zero-order chi connectivity index (χ0) is 24.8. The van der Waals surface area contributed by atoms with E-state index in [-0.39, 0.29) is 0 Å². The molecule has 0 radical (unpaired) electrons. The zero-order valence-electron chi connectivity index (χ0n) is 18.9. The third-order valence-corrected chi connectivity index (χ3v) is 12.9. The summed E-state index contributed by atoms with van der Waals surface area (Å²) < 4.78 is 80.6. The van der Waals surface area contributed by atoms with Gasteiger partial charge >= 0.3 is 0 Å². The van der Waals surface area contributed by atoms with E-state index in [0.717, 1.165) is 5.56 Å². The first kappa shape index (κ1) is 25.1. The molecule has 0 aromatic heterocycles. The van der Waals surface area contributed by atoms with Crippen LogP contribution < -0.4 is 0 Å². The highest BCUT2D eigenvalue weighted by molar-refractivity contribution is 8.29. The van der Waals surface area contributed by atoms with Gasteiger partial charge in [-0.3, -0.25) is 25.3 Å². The molecule has 0 N–H and O–H groups in total. The number of sulfone groups is 3. The van der Waals surface area contributed by atoms with E-state index in [4.69, 9.17) is 0 Å². The molecule has 176 valence electrons. The van der Waals surface area contributed by atoms with Crippen molar-refractivity contribution in [2.75, 3.05) is 0 Å². The quantitative estimate of drug-likeness (QED) is 0.460. The molecule has 0 aliphatic rings. The number of aryl methyl sites for hydroxylation is 5. The van der Waals surface area contributed by atoms with Crippen LogP contribution in [-0.4, -0.2) is 25.3 Å². The molecule has 6 nitrogen and oxygen atoms in total. The van der Waals surface area contributed by atoms with Crippen LogP contribution in [0.4, 0.5) is 0 Å². The largest absolute Gasteiger partial charge is 0.255 e. The van der Waals surface area contributed by atoms with E-state index in [1.54, 1.807) is 46.8 Å². The van der Waals surface area contributed by atoms with Gasteiger partial charge in [-0.2, -0.15) is 0 Å². The van der Waals surface area contributed by atoms with Crippen molar-refractivity contribution in [3.8, 4) is 0 Å². The molecule has 0 fully saturated rings. The number of hydrogen-bond donors (Lipinski definition) is 0. The molecule has 9 heteroatoms. The van der Waals surface area contributed by atoms with Gasteiger partial charge in [-0.05, 0) is 93.3 Å². The average Bonchev–Trinajstić information content (AvgIpc) is 2.66. The predicted octanol–water partition coefficient (Wildman–Crippen LogP) is 4.40. The van der Waals surface area contributed by atoms with Crippen LogP contribution in [0, 0.1) is 38.5 Å². The van der Waals surface area contributed by atoms with Gasteiger partial charge in [-0.15, -0.1) is 0 Å². The first-order valence-electron chi connectivity index (χ1n) is 10.0. The Balaban J connectivity index is 2.39. The van der Waals surface area contributed by atoms with Crippen molar-refractivity contribution < 1.29 is 25.3 Å². The summed E-state index contributed by atoms with van der Waals surface area (Å²) in [4.78, 5) is -1.19. The Kier molecular flexibility index (Phi) is 6.63. The molecule has 0 aliphatic carbocycles. The van der Waals surface area contributed by atoms with Gasteiger partial charge in [-0.25, -0.2) is 0 Å². The van der Waals surface area contributed by atoms with Crippen molar-refractivity contribution in [2.24, 2.45) is 0 Å². The van der Waals surface area contributed by atoms with Crippen molar-refractivity contribution in [2.45, 2.75) is 49.3 Å². The van der Waals surface area contributed by atoms with Gasteiger partial charge in [0.15, 0.2) is 0 Å². The molecule has 0 spiro atoms. The molecule has 0 aliphatic heterocycles. The lowest BCUT2D eigenvalue weighted by molar-refractivity contribution is 0.583. The van der Waals surface area contributed by atoms with Crippen LogP contribution >= 0.6 is 0 Å². The summed E-state index contributed by atoms with van der Waals surface area (Å²) in [6.45, 7) is 8.34. The van der Waals surface area contributed by atoms with Crippen LogP contribution in [0.3, 0.4) is 0 Å². The molecule has 0 saturated carbocycles. The van der Waals surface area contributed by atoms with Crippen molar-refractivity contribution in [3.05, 3.63) is 92.4 Å². The molecule has 0 atom stereocenters. The van der Waals surface area contributed by atoms with Gasteiger partial charge in [0.25, 0.3) is 0 Å². The molecule has 0 unspecified atom stereocenters. The van der Waals surface area contributed by atoms with Crippen molar-refractivity contribution in [1.29, 1.82) is 0 Å². The van der Waals surface area contributed by atoms with E-state index in [1.165, 1.54) is 48.5 Å². The van der Waals surface area contributed by atoms with Crippen LogP contribution in [0.5, 0.6) is 0 Å². The van der Waals surface area contributed by atoms with Crippen LogP contribution in [0.2, 0.25) is 0 Å². The SMILES string of the molecule is Cc1ccc(S(=O)(=O)[C-](S(=O)(=O)c2cc(C)cc(C)c2)S(=O)(=O)c2cc(C)cc(C)c2)cc1. The molecule has 0 heterocycles. The number of benzene rings is 3. The van der Waals surface area contributed by atoms with E-state index in [9.17, 15) is 25.3 Å². The monoisotopic (exact) mass is 505 g/mol. The van der Waals surface area contributed by atoms with Gasteiger partial charge in [0, 0.05) is 14.7 Å². The number of hydrogen-bond acceptors (Lipinski definition) is 6. The third kappa shape index (κ3) is 4.90. The Morgan fingerprint density at radius 3 is 1.06 bits per heavy atom. The zero-order valence-corrected chi connectivity index (χ0v) is 21.4. The van der Waals surface area contributed by atoms with Gasteiger partial charge < -0.3 is 0 Å². The maximum Gasteiger partial charge on any atom is 0.0832 e. The molecule has 0 bridgehead atoms. The minimum absolute atomic E-state index is 0.390. The summed E-state index contributed by atoms with van der Waals surface area (Å²) in [5, 5.41) is 0. The van der Waals surface area contributed by atoms with Crippen molar-refractivity contribution >= 4 is 29.5 Å². The minimum atomic E-state index is -4.95. The Labute approximate surface area is 196 Å². The second-order valence-corrected chi connectivity index (χ2v) is 14.7. The molecule has 0 amide bonds. The maximum absolute atomic E-state index is 13.7. The molecule has 0 saturated heterocycles. The molecular formula is C24H25O6S3-. The van der Waals surface area contributed by atoms with Crippen LogP contribution in [-0.2, 0) is 29.5 Å². The van der Waals surface area contributed by atoms with E-state index < -0.39 is 48.1 Å². The Hall–Kier alpha value is -2.49. The van der Waals surface area contributed by atoms with Crippen molar-refractivity contribution in [3.63, 3.8) is 0 Å². The highest BCUT2D eigenvalue weighted by atomic mass is 32.3. The van der Waals surface area contributed by atoms with E-state index in [0.29, 0.717) is 22.3 Å². The summed E-state index contributed by atoms with van der Waals surface area (Å²) in [5.74, 6) is 0. The fourth-order valence-electron chi connectivity index (χ4n) is 3.62. The number of rotatable bonds is 6. The summed E-state index contributed by atoms with van der Waals surface area (Å²) in [6.07, 6.45) is 0. The predicted molar refractivity (Wildman–Crippen MR) is 128 cm³/mol. The van der Waals surface area contributed by atoms with E-state index >= 15 is 0 Å². The lowest BCUT2D eigenvalue weighted by atomic mass is 10.2. The fraction of sp³-hybridized carbons (Fsp3) is 0.208. The molecular weight excluding hydrogens is 480 g/mol. The summed E-state index contributed by atoms with van der Waals surface area (Å²) >= 11 is 0. The van der Waals surface area contributed by atoms with Crippen LogP contribution in [0.25, 0.3) is 0 Å². The lowest BCUT2D eigenvalue weighted by Gasteiger charge is -2.30. The van der Waals surface area contributed by atoms with Gasteiger partial charge in [0.05, 0.1) is 33.4 Å². The summed E-state index contributed by atoms with van der Waals surface area (Å²) in [6, 6.07) is 13.9. The Morgan fingerprint density at radius 2 is 0.727 bits per heavy atom. The van der Waals surface area contributed by atoms with E-state index in [1.807, 2.05) is 0 Å². The molecule has 3 rings (SSSR count). The van der Waals surface area contributed by atoms with Gasteiger partial charge in [-0.1, -0.05) is 29.8 Å². The van der Waals surface area contributed by atoms with Gasteiger partial charge in [0.1, 0.15) is 0 Å². The van der Waals surface area contributed by atoms with E-state index in [2.05, 4.69) is 0 Å². The molecule has 3 aromatic rings.